The highest BCUT2D eigenvalue weighted by molar-refractivity contribution is 6.30. The quantitative estimate of drug-likeness (QED) is 0.691. The Morgan fingerprint density at radius 2 is 1.52 bits per heavy atom. The SMILES string of the molecule is O=C(Nc1ccccc1)[C@H]1C(c2ccc(Cl)cc2)=NO[C@@H]1c1ccccc1. The third-order valence-electron chi connectivity index (χ3n) is 4.45. The van der Waals surface area contributed by atoms with Gasteiger partial charge in [0.15, 0.2) is 6.10 Å². The first-order chi connectivity index (χ1) is 13.2. The van der Waals surface area contributed by atoms with Crippen LogP contribution in [0.5, 0.6) is 0 Å². The fraction of sp³-hybridized carbons (Fsp3) is 0.0909. The monoisotopic (exact) mass is 376 g/mol. The summed E-state index contributed by atoms with van der Waals surface area (Å²) in [5.74, 6) is -0.741. The highest BCUT2D eigenvalue weighted by atomic mass is 35.5. The molecule has 5 heteroatoms. The van der Waals surface area contributed by atoms with Crippen molar-refractivity contribution in [1.82, 2.24) is 0 Å². The third-order valence-corrected chi connectivity index (χ3v) is 4.71. The van der Waals surface area contributed by atoms with Crippen molar-refractivity contribution in [2.24, 2.45) is 11.1 Å². The van der Waals surface area contributed by atoms with E-state index in [2.05, 4.69) is 10.5 Å². The summed E-state index contributed by atoms with van der Waals surface area (Å²) >= 11 is 6.00. The molecule has 2 atom stereocenters. The Bertz CT molecular complexity index is 957. The van der Waals surface area contributed by atoms with E-state index in [9.17, 15) is 4.79 Å². The summed E-state index contributed by atoms with van der Waals surface area (Å²) in [6.45, 7) is 0. The summed E-state index contributed by atoms with van der Waals surface area (Å²) in [5.41, 5.74) is 3.04. The predicted molar refractivity (Wildman–Crippen MR) is 107 cm³/mol. The third kappa shape index (κ3) is 3.71. The van der Waals surface area contributed by atoms with Gasteiger partial charge in [0, 0.05) is 16.3 Å². The Morgan fingerprint density at radius 3 is 2.19 bits per heavy atom. The van der Waals surface area contributed by atoms with Gasteiger partial charge in [0.1, 0.15) is 11.6 Å². The minimum atomic E-state index is -0.575. The topological polar surface area (TPSA) is 50.7 Å². The molecule has 1 amide bonds. The van der Waals surface area contributed by atoms with E-state index < -0.39 is 12.0 Å². The number of carbonyl (C=O) groups excluding carboxylic acids is 1. The molecule has 3 aromatic carbocycles. The van der Waals surface area contributed by atoms with Gasteiger partial charge < -0.3 is 10.2 Å². The van der Waals surface area contributed by atoms with E-state index in [0.29, 0.717) is 10.7 Å². The van der Waals surface area contributed by atoms with Gasteiger partial charge in [0.25, 0.3) is 0 Å². The number of hydrogen-bond acceptors (Lipinski definition) is 3. The van der Waals surface area contributed by atoms with E-state index in [1.807, 2.05) is 72.8 Å². The van der Waals surface area contributed by atoms with E-state index in [1.165, 1.54) is 0 Å². The zero-order valence-electron chi connectivity index (χ0n) is 14.4. The summed E-state index contributed by atoms with van der Waals surface area (Å²) < 4.78 is 0. The molecule has 4 nitrogen and oxygen atoms in total. The summed E-state index contributed by atoms with van der Waals surface area (Å²) in [6, 6.07) is 26.3. The molecule has 3 aromatic rings. The summed E-state index contributed by atoms with van der Waals surface area (Å²) in [5, 5.41) is 7.85. The van der Waals surface area contributed by atoms with Crippen molar-refractivity contribution in [2.75, 3.05) is 5.32 Å². The van der Waals surface area contributed by atoms with E-state index >= 15 is 0 Å². The van der Waals surface area contributed by atoms with Gasteiger partial charge in [-0.25, -0.2) is 0 Å². The lowest BCUT2D eigenvalue weighted by molar-refractivity contribution is -0.120. The van der Waals surface area contributed by atoms with Gasteiger partial charge in [-0.2, -0.15) is 0 Å². The number of nitrogens with one attached hydrogen (secondary N) is 1. The molecule has 0 bridgehead atoms. The first-order valence-corrected chi connectivity index (χ1v) is 9.01. The van der Waals surface area contributed by atoms with Crippen molar-refractivity contribution in [2.45, 2.75) is 6.10 Å². The highest BCUT2D eigenvalue weighted by Crippen LogP contribution is 2.36. The van der Waals surface area contributed by atoms with Crippen LogP contribution in [-0.4, -0.2) is 11.6 Å². The number of carbonyl (C=O) groups is 1. The number of amides is 1. The molecule has 1 aliphatic rings. The number of nitrogens with zero attached hydrogens (tertiary/aromatic N) is 1. The molecule has 0 radical (unpaired) electrons. The summed E-state index contributed by atoms with van der Waals surface area (Å²) in [6.07, 6.45) is -0.486. The number of rotatable bonds is 4. The maximum atomic E-state index is 13.2. The Hall–Kier alpha value is -3.11. The minimum absolute atomic E-state index is 0.166. The number of hydrogen-bond donors (Lipinski definition) is 1. The maximum Gasteiger partial charge on any atom is 0.237 e. The van der Waals surface area contributed by atoms with E-state index in [0.717, 1.165) is 16.8 Å². The van der Waals surface area contributed by atoms with Crippen LogP contribution in [0.2, 0.25) is 5.02 Å². The van der Waals surface area contributed by atoms with Crippen molar-refractivity contribution < 1.29 is 9.63 Å². The number of benzene rings is 3. The second-order valence-electron chi connectivity index (χ2n) is 6.25. The maximum absolute atomic E-state index is 13.2. The Morgan fingerprint density at radius 1 is 0.889 bits per heavy atom. The van der Waals surface area contributed by atoms with Crippen molar-refractivity contribution in [1.29, 1.82) is 0 Å². The highest BCUT2D eigenvalue weighted by Gasteiger charge is 2.41. The Balaban J connectivity index is 1.68. The van der Waals surface area contributed by atoms with Crippen molar-refractivity contribution in [3.05, 3.63) is 101 Å². The lowest BCUT2D eigenvalue weighted by atomic mass is 9.88. The minimum Gasteiger partial charge on any atom is -0.386 e. The van der Waals surface area contributed by atoms with Crippen LogP contribution in [0.15, 0.2) is 90.1 Å². The van der Waals surface area contributed by atoms with Crippen LogP contribution in [-0.2, 0) is 9.63 Å². The first-order valence-electron chi connectivity index (χ1n) is 8.63. The lowest BCUT2D eigenvalue weighted by Crippen LogP contribution is -2.32. The fourth-order valence-electron chi connectivity index (χ4n) is 3.13. The van der Waals surface area contributed by atoms with E-state index in [1.54, 1.807) is 12.1 Å². The van der Waals surface area contributed by atoms with Gasteiger partial charge >= 0.3 is 0 Å². The average Bonchev–Trinajstić information content (AvgIpc) is 3.15. The predicted octanol–water partition coefficient (Wildman–Crippen LogP) is 5.07. The molecule has 0 aromatic heterocycles. The second kappa shape index (κ2) is 7.64. The molecular weight excluding hydrogens is 360 g/mol. The zero-order valence-corrected chi connectivity index (χ0v) is 15.1. The molecule has 1 heterocycles. The molecule has 0 fully saturated rings. The van der Waals surface area contributed by atoms with Gasteiger partial charge in [-0.15, -0.1) is 0 Å². The fourth-order valence-corrected chi connectivity index (χ4v) is 3.25. The number of halogens is 1. The molecule has 1 N–H and O–H groups in total. The molecular formula is C22H17ClN2O2. The molecule has 0 spiro atoms. The summed E-state index contributed by atoms with van der Waals surface area (Å²) in [4.78, 5) is 18.9. The van der Waals surface area contributed by atoms with Gasteiger partial charge in [-0.1, -0.05) is 77.4 Å². The van der Waals surface area contributed by atoms with Gasteiger partial charge in [0.05, 0.1) is 0 Å². The lowest BCUT2D eigenvalue weighted by Gasteiger charge is -2.19. The van der Waals surface area contributed by atoms with Crippen LogP contribution >= 0.6 is 11.6 Å². The van der Waals surface area contributed by atoms with Crippen LogP contribution in [0.3, 0.4) is 0 Å². The standard InChI is InChI=1S/C22H17ClN2O2/c23-17-13-11-15(12-14-17)20-19(22(26)24-18-9-5-2-6-10-18)21(27-25-20)16-7-3-1-4-8-16/h1-14,19,21H,(H,24,26)/t19-,21+/m0/s1. The van der Waals surface area contributed by atoms with Crippen LogP contribution in [0.25, 0.3) is 0 Å². The average molecular weight is 377 g/mol. The van der Waals surface area contributed by atoms with E-state index in [4.69, 9.17) is 16.4 Å². The molecule has 134 valence electrons. The van der Waals surface area contributed by atoms with Crippen molar-refractivity contribution in [3.8, 4) is 0 Å². The molecule has 1 aliphatic heterocycles. The van der Waals surface area contributed by atoms with E-state index in [-0.39, 0.29) is 5.91 Å². The van der Waals surface area contributed by atoms with Gasteiger partial charge in [-0.05, 0) is 29.8 Å². The van der Waals surface area contributed by atoms with Crippen LogP contribution in [0.4, 0.5) is 5.69 Å². The molecule has 27 heavy (non-hydrogen) atoms. The first kappa shape index (κ1) is 17.3. The van der Waals surface area contributed by atoms with Crippen LogP contribution in [0.1, 0.15) is 17.2 Å². The molecule has 0 saturated carbocycles. The second-order valence-corrected chi connectivity index (χ2v) is 6.69. The smallest absolute Gasteiger partial charge is 0.237 e. The normalized spacial score (nSPS) is 18.5. The Labute approximate surface area is 162 Å². The van der Waals surface area contributed by atoms with Gasteiger partial charge in [-0.3, -0.25) is 4.79 Å². The van der Waals surface area contributed by atoms with Crippen LogP contribution in [0, 0.1) is 5.92 Å². The largest absolute Gasteiger partial charge is 0.386 e. The molecule has 0 saturated heterocycles. The zero-order chi connectivity index (χ0) is 18.6. The number of para-hydroxylation sites is 1. The molecule has 4 rings (SSSR count). The number of oxime groups is 1. The Kier molecular flexibility index (Phi) is 4.90. The molecule has 0 aliphatic carbocycles. The summed E-state index contributed by atoms with van der Waals surface area (Å²) in [7, 11) is 0. The number of anilines is 1. The molecule has 0 unspecified atom stereocenters. The van der Waals surface area contributed by atoms with Gasteiger partial charge in [0.2, 0.25) is 5.91 Å². The van der Waals surface area contributed by atoms with Crippen molar-refractivity contribution in [3.63, 3.8) is 0 Å². The van der Waals surface area contributed by atoms with Crippen LogP contribution < -0.4 is 5.32 Å². The van der Waals surface area contributed by atoms with Crippen molar-refractivity contribution >= 4 is 28.9 Å².